The predicted molar refractivity (Wildman–Crippen MR) is 85.9 cm³/mol. The first-order chi connectivity index (χ1) is 10.3. The normalized spacial score (nSPS) is 24.6. The Kier molecular flexibility index (Phi) is 3.19. The van der Waals surface area contributed by atoms with Crippen molar-refractivity contribution < 1.29 is 4.79 Å². The monoisotopic (exact) mass is 296 g/mol. The Morgan fingerprint density at radius 3 is 2.81 bits per heavy atom. The van der Waals surface area contributed by atoms with Crippen molar-refractivity contribution in [2.75, 3.05) is 5.75 Å². The number of carbonyl (C=O) groups excluding carboxylic acids is 1. The number of hydrogen-bond acceptors (Lipinski definition) is 3. The highest BCUT2D eigenvalue weighted by molar-refractivity contribution is 8.15. The highest BCUT2D eigenvalue weighted by atomic mass is 32.2. The second-order valence-electron chi connectivity index (χ2n) is 5.44. The second kappa shape index (κ2) is 5.19. The molecule has 0 bridgehead atoms. The van der Waals surface area contributed by atoms with E-state index in [-0.39, 0.29) is 11.9 Å². The van der Waals surface area contributed by atoms with E-state index in [1.807, 2.05) is 23.1 Å². The molecule has 1 unspecified atom stereocenters. The molecule has 1 amide bonds. The van der Waals surface area contributed by atoms with Gasteiger partial charge in [0.05, 0.1) is 17.5 Å². The molecule has 4 rings (SSSR count). The Bertz CT molecular complexity index is 675. The van der Waals surface area contributed by atoms with Crippen molar-refractivity contribution in [1.29, 1.82) is 0 Å². The summed E-state index contributed by atoms with van der Waals surface area (Å²) in [6, 6.07) is 10.3. The summed E-state index contributed by atoms with van der Waals surface area (Å²) in [5, 5.41) is 0.860. The van der Waals surface area contributed by atoms with Gasteiger partial charge < -0.3 is 0 Å². The van der Waals surface area contributed by atoms with Crippen molar-refractivity contribution in [3.8, 4) is 0 Å². The van der Waals surface area contributed by atoms with E-state index in [0.29, 0.717) is 5.75 Å². The van der Waals surface area contributed by atoms with Crippen LogP contribution in [0.2, 0.25) is 0 Å². The number of amidine groups is 1. The van der Waals surface area contributed by atoms with E-state index in [0.717, 1.165) is 30.1 Å². The minimum atomic E-state index is -0.00875. The quantitative estimate of drug-likeness (QED) is 0.792. The first kappa shape index (κ1) is 12.9. The first-order valence-electron chi connectivity index (χ1n) is 7.33. The summed E-state index contributed by atoms with van der Waals surface area (Å²) in [5.41, 5.74) is 3.42. The number of allylic oxidation sites excluding steroid dienone is 2. The van der Waals surface area contributed by atoms with Crippen LogP contribution >= 0.6 is 11.8 Å². The molecule has 1 aliphatic carbocycles. The summed E-state index contributed by atoms with van der Waals surface area (Å²) in [7, 11) is 0. The molecule has 0 N–H and O–H groups in total. The van der Waals surface area contributed by atoms with Crippen molar-refractivity contribution in [3.05, 3.63) is 59.3 Å². The van der Waals surface area contributed by atoms with Gasteiger partial charge in [-0.15, -0.1) is 0 Å². The Hall–Kier alpha value is -1.81. The molecule has 1 saturated heterocycles. The van der Waals surface area contributed by atoms with Crippen molar-refractivity contribution >= 4 is 22.8 Å². The molecule has 0 radical (unpaired) electrons. The van der Waals surface area contributed by atoms with Gasteiger partial charge in [-0.05, 0) is 24.8 Å². The SMILES string of the molecule is O=C1CSC2=NC3=CCCCC=C3C(c3ccccc3)N12. The van der Waals surface area contributed by atoms with Crippen molar-refractivity contribution in [1.82, 2.24) is 4.90 Å². The lowest BCUT2D eigenvalue weighted by molar-refractivity contribution is -0.125. The zero-order valence-electron chi connectivity index (χ0n) is 11.7. The summed E-state index contributed by atoms with van der Waals surface area (Å²) < 4.78 is 0. The van der Waals surface area contributed by atoms with Crippen molar-refractivity contribution in [2.45, 2.75) is 25.3 Å². The zero-order chi connectivity index (χ0) is 14.2. The van der Waals surface area contributed by atoms with Crippen LogP contribution in [0.3, 0.4) is 0 Å². The maximum Gasteiger partial charge on any atom is 0.239 e. The second-order valence-corrected chi connectivity index (χ2v) is 6.38. The van der Waals surface area contributed by atoms with Gasteiger partial charge in [0.15, 0.2) is 5.17 Å². The third kappa shape index (κ3) is 2.14. The molecular formula is C17H16N2OS. The summed E-state index contributed by atoms with van der Waals surface area (Å²) >= 11 is 1.55. The Balaban J connectivity index is 1.90. The summed E-state index contributed by atoms with van der Waals surface area (Å²) in [5.74, 6) is 0.666. The number of benzene rings is 1. The molecule has 2 heterocycles. The van der Waals surface area contributed by atoms with Gasteiger partial charge in [-0.3, -0.25) is 9.69 Å². The van der Waals surface area contributed by atoms with Gasteiger partial charge in [0.1, 0.15) is 0 Å². The van der Waals surface area contributed by atoms with Crippen LogP contribution in [-0.2, 0) is 4.79 Å². The number of hydrogen-bond donors (Lipinski definition) is 0. The molecule has 0 spiro atoms. The largest absolute Gasteiger partial charge is 0.279 e. The van der Waals surface area contributed by atoms with Gasteiger partial charge in [-0.1, -0.05) is 54.2 Å². The average molecular weight is 296 g/mol. The number of nitrogens with zero attached hydrogens (tertiary/aromatic N) is 2. The lowest BCUT2D eigenvalue weighted by Gasteiger charge is -2.34. The minimum absolute atomic E-state index is 0.00875. The molecule has 3 nitrogen and oxygen atoms in total. The minimum Gasteiger partial charge on any atom is -0.279 e. The van der Waals surface area contributed by atoms with E-state index in [1.165, 1.54) is 11.1 Å². The summed E-state index contributed by atoms with van der Waals surface area (Å²) in [4.78, 5) is 18.9. The molecule has 1 aromatic rings. The van der Waals surface area contributed by atoms with Crippen molar-refractivity contribution in [3.63, 3.8) is 0 Å². The summed E-state index contributed by atoms with van der Waals surface area (Å²) in [6.07, 6.45) is 7.76. The Morgan fingerprint density at radius 2 is 1.95 bits per heavy atom. The molecule has 1 atom stereocenters. The molecule has 2 aliphatic heterocycles. The number of fused-ring (bicyclic) bond motifs is 2. The summed E-state index contributed by atoms with van der Waals surface area (Å²) in [6.45, 7) is 0. The van der Waals surface area contributed by atoms with Crippen LogP contribution in [0.4, 0.5) is 0 Å². The van der Waals surface area contributed by atoms with Crippen LogP contribution in [0.5, 0.6) is 0 Å². The van der Waals surface area contributed by atoms with Crippen LogP contribution in [-0.4, -0.2) is 21.7 Å². The van der Waals surface area contributed by atoms with Gasteiger partial charge in [0, 0.05) is 5.57 Å². The van der Waals surface area contributed by atoms with Gasteiger partial charge in [0.25, 0.3) is 0 Å². The van der Waals surface area contributed by atoms with E-state index in [1.54, 1.807) is 11.8 Å². The average Bonchev–Trinajstić information content (AvgIpc) is 2.74. The van der Waals surface area contributed by atoms with E-state index >= 15 is 0 Å². The highest BCUT2D eigenvalue weighted by Gasteiger charge is 2.41. The Morgan fingerprint density at radius 1 is 1.14 bits per heavy atom. The van der Waals surface area contributed by atoms with Gasteiger partial charge in [-0.2, -0.15) is 0 Å². The molecule has 106 valence electrons. The lowest BCUT2D eigenvalue weighted by atomic mass is 9.93. The fourth-order valence-electron chi connectivity index (χ4n) is 3.12. The molecule has 0 aromatic heterocycles. The molecule has 0 saturated carbocycles. The third-order valence-corrected chi connectivity index (χ3v) is 5.03. The van der Waals surface area contributed by atoms with Gasteiger partial charge in [-0.25, -0.2) is 4.99 Å². The van der Waals surface area contributed by atoms with Crippen LogP contribution in [0, 0.1) is 0 Å². The van der Waals surface area contributed by atoms with Gasteiger partial charge in [0.2, 0.25) is 5.91 Å². The fourth-order valence-corrected chi connectivity index (χ4v) is 4.02. The van der Waals surface area contributed by atoms with Crippen molar-refractivity contribution in [2.24, 2.45) is 4.99 Å². The molecular weight excluding hydrogens is 280 g/mol. The molecule has 21 heavy (non-hydrogen) atoms. The van der Waals surface area contributed by atoms with E-state index in [4.69, 9.17) is 4.99 Å². The maximum atomic E-state index is 12.3. The zero-order valence-corrected chi connectivity index (χ0v) is 12.5. The Labute approximate surface area is 128 Å². The molecule has 1 fully saturated rings. The van der Waals surface area contributed by atoms with E-state index in [9.17, 15) is 4.79 Å². The predicted octanol–water partition coefficient (Wildman–Crippen LogP) is 3.67. The van der Waals surface area contributed by atoms with E-state index < -0.39 is 0 Å². The maximum absolute atomic E-state index is 12.3. The highest BCUT2D eigenvalue weighted by Crippen LogP contribution is 2.43. The molecule has 4 heteroatoms. The van der Waals surface area contributed by atoms with Gasteiger partial charge >= 0.3 is 0 Å². The van der Waals surface area contributed by atoms with Crippen LogP contribution in [0.25, 0.3) is 0 Å². The first-order valence-corrected chi connectivity index (χ1v) is 8.32. The van der Waals surface area contributed by atoms with Crippen LogP contribution < -0.4 is 0 Å². The topological polar surface area (TPSA) is 32.7 Å². The molecule has 3 aliphatic rings. The number of rotatable bonds is 1. The standard InChI is InChI=1S/C17H16N2OS/c20-15-11-21-17-18-14-10-6-2-5-9-13(14)16(19(15)17)12-7-3-1-4-8-12/h1,3-4,7-10,16H,2,5-6,11H2. The van der Waals surface area contributed by atoms with Crippen LogP contribution in [0.1, 0.15) is 30.9 Å². The third-order valence-electron chi connectivity index (χ3n) is 4.09. The smallest absolute Gasteiger partial charge is 0.239 e. The number of aliphatic imine (C=N–C) groups is 1. The number of amides is 1. The lowest BCUT2D eigenvalue weighted by Crippen LogP contribution is -2.38. The van der Waals surface area contributed by atoms with E-state index in [2.05, 4.69) is 24.3 Å². The van der Waals surface area contributed by atoms with Crippen LogP contribution in [0.15, 0.2) is 58.7 Å². The molecule has 1 aromatic carbocycles. The number of carbonyl (C=O) groups is 1. The number of thioether (sulfide) groups is 1. The fraction of sp³-hybridized carbons (Fsp3) is 0.294.